The number of aromatic amines is 1. The molecule has 0 bridgehead atoms. The first-order valence-corrected chi connectivity index (χ1v) is 6.06. The van der Waals surface area contributed by atoms with Crippen LogP contribution in [-0.4, -0.2) is 16.1 Å². The lowest BCUT2D eigenvalue weighted by Crippen LogP contribution is -2.17. The van der Waals surface area contributed by atoms with Crippen molar-refractivity contribution in [1.82, 2.24) is 9.97 Å². The Kier molecular flexibility index (Phi) is 3.50. The third-order valence-corrected chi connectivity index (χ3v) is 2.72. The van der Waals surface area contributed by atoms with E-state index in [1.165, 1.54) is 0 Å². The van der Waals surface area contributed by atoms with Crippen LogP contribution in [0.3, 0.4) is 0 Å². The van der Waals surface area contributed by atoms with Crippen LogP contribution in [0.4, 0.5) is 5.69 Å². The van der Waals surface area contributed by atoms with Crippen molar-refractivity contribution < 1.29 is 4.74 Å². The van der Waals surface area contributed by atoms with Crippen molar-refractivity contribution >= 4 is 16.6 Å². The highest BCUT2D eigenvalue weighted by atomic mass is 16.5. The van der Waals surface area contributed by atoms with Crippen molar-refractivity contribution in [1.29, 1.82) is 0 Å². The molecule has 96 valence electrons. The fourth-order valence-corrected chi connectivity index (χ4v) is 1.85. The molecule has 0 spiro atoms. The maximum atomic E-state index is 11.9. The van der Waals surface area contributed by atoms with Gasteiger partial charge in [-0.2, -0.15) is 4.98 Å². The average molecular weight is 247 g/mol. The highest BCUT2D eigenvalue weighted by Gasteiger charge is 2.08. The first-order chi connectivity index (χ1) is 8.60. The standard InChI is InChI=1S/C13H17N3O2/c1-3-4-8(2)18-13-15-11-6-5-9(14)7-10(11)12(17)16-13/h5-8H,3-4,14H2,1-2H3,(H,15,16,17). The van der Waals surface area contributed by atoms with Gasteiger partial charge in [0.2, 0.25) is 0 Å². The second-order valence-corrected chi connectivity index (χ2v) is 4.36. The Morgan fingerprint density at radius 3 is 3.00 bits per heavy atom. The summed E-state index contributed by atoms with van der Waals surface area (Å²) in [7, 11) is 0. The maximum Gasteiger partial charge on any atom is 0.297 e. The molecular weight excluding hydrogens is 230 g/mol. The van der Waals surface area contributed by atoms with Gasteiger partial charge < -0.3 is 10.5 Å². The fraction of sp³-hybridized carbons (Fsp3) is 0.385. The molecular formula is C13H17N3O2. The highest BCUT2D eigenvalue weighted by molar-refractivity contribution is 5.81. The lowest BCUT2D eigenvalue weighted by atomic mass is 10.2. The summed E-state index contributed by atoms with van der Waals surface area (Å²) in [6, 6.07) is 5.31. The van der Waals surface area contributed by atoms with Gasteiger partial charge in [0, 0.05) is 5.69 Å². The molecule has 0 aliphatic carbocycles. The molecule has 18 heavy (non-hydrogen) atoms. The fourth-order valence-electron chi connectivity index (χ4n) is 1.85. The minimum absolute atomic E-state index is 0.0318. The molecule has 0 aliphatic rings. The van der Waals surface area contributed by atoms with E-state index in [1.54, 1.807) is 18.2 Å². The lowest BCUT2D eigenvalue weighted by molar-refractivity contribution is 0.193. The number of fused-ring (bicyclic) bond motifs is 1. The first-order valence-electron chi connectivity index (χ1n) is 6.06. The summed E-state index contributed by atoms with van der Waals surface area (Å²) in [5, 5.41) is 0.477. The molecule has 0 saturated heterocycles. The van der Waals surface area contributed by atoms with Crippen molar-refractivity contribution in [3.8, 4) is 6.01 Å². The van der Waals surface area contributed by atoms with Gasteiger partial charge in [0.05, 0.1) is 17.0 Å². The number of nitrogens with one attached hydrogen (secondary N) is 1. The van der Waals surface area contributed by atoms with Crippen molar-refractivity contribution in [2.45, 2.75) is 32.8 Å². The predicted octanol–water partition coefficient (Wildman–Crippen LogP) is 2.07. The summed E-state index contributed by atoms with van der Waals surface area (Å²) >= 11 is 0. The van der Waals surface area contributed by atoms with E-state index >= 15 is 0 Å². The zero-order chi connectivity index (χ0) is 13.1. The van der Waals surface area contributed by atoms with Gasteiger partial charge in [-0.15, -0.1) is 0 Å². The molecule has 0 aliphatic heterocycles. The summed E-state index contributed by atoms with van der Waals surface area (Å²) in [6.45, 7) is 4.04. The average Bonchev–Trinajstić information content (AvgIpc) is 2.30. The van der Waals surface area contributed by atoms with E-state index in [0.29, 0.717) is 16.6 Å². The molecule has 1 aromatic heterocycles. The second-order valence-electron chi connectivity index (χ2n) is 4.36. The zero-order valence-electron chi connectivity index (χ0n) is 10.6. The highest BCUT2D eigenvalue weighted by Crippen LogP contribution is 2.14. The number of hydrogen-bond donors (Lipinski definition) is 2. The van der Waals surface area contributed by atoms with Crippen LogP contribution >= 0.6 is 0 Å². The largest absolute Gasteiger partial charge is 0.462 e. The molecule has 0 saturated carbocycles. The molecule has 0 radical (unpaired) electrons. The Morgan fingerprint density at radius 1 is 1.50 bits per heavy atom. The van der Waals surface area contributed by atoms with Crippen LogP contribution in [0.5, 0.6) is 6.01 Å². The van der Waals surface area contributed by atoms with E-state index in [1.807, 2.05) is 6.92 Å². The summed E-state index contributed by atoms with van der Waals surface area (Å²) in [6.07, 6.45) is 1.98. The predicted molar refractivity (Wildman–Crippen MR) is 71.8 cm³/mol. The monoisotopic (exact) mass is 247 g/mol. The van der Waals surface area contributed by atoms with Crippen molar-refractivity contribution in [3.63, 3.8) is 0 Å². The summed E-state index contributed by atoms with van der Waals surface area (Å²) in [5.41, 5.74) is 6.54. The van der Waals surface area contributed by atoms with E-state index in [-0.39, 0.29) is 17.7 Å². The van der Waals surface area contributed by atoms with Gasteiger partial charge in [0.25, 0.3) is 11.6 Å². The van der Waals surface area contributed by atoms with Crippen molar-refractivity contribution in [2.24, 2.45) is 0 Å². The lowest BCUT2D eigenvalue weighted by Gasteiger charge is -2.12. The Hall–Kier alpha value is -2.04. The van der Waals surface area contributed by atoms with Gasteiger partial charge in [0.1, 0.15) is 0 Å². The van der Waals surface area contributed by atoms with Crippen LogP contribution < -0.4 is 16.0 Å². The number of nitrogen functional groups attached to an aromatic ring is 1. The number of ether oxygens (including phenoxy) is 1. The Bertz CT molecular complexity index is 607. The van der Waals surface area contributed by atoms with Gasteiger partial charge in [-0.1, -0.05) is 13.3 Å². The van der Waals surface area contributed by atoms with Gasteiger partial charge in [-0.3, -0.25) is 9.78 Å². The van der Waals surface area contributed by atoms with Gasteiger partial charge >= 0.3 is 0 Å². The molecule has 1 atom stereocenters. The Morgan fingerprint density at radius 2 is 2.28 bits per heavy atom. The van der Waals surface area contributed by atoms with Crippen LogP contribution in [-0.2, 0) is 0 Å². The molecule has 0 amide bonds. The maximum absolute atomic E-state index is 11.9. The van der Waals surface area contributed by atoms with Gasteiger partial charge in [-0.05, 0) is 31.5 Å². The Labute approximate surface area is 105 Å². The topological polar surface area (TPSA) is 81.0 Å². The van der Waals surface area contributed by atoms with Crippen molar-refractivity contribution in [3.05, 3.63) is 28.6 Å². The number of aromatic nitrogens is 2. The van der Waals surface area contributed by atoms with Gasteiger partial charge in [-0.25, -0.2) is 0 Å². The number of H-pyrrole nitrogens is 1. The van der Waals surface area contributed by atoms with E-state index in [4.69, 9.17) is 10.5 Å². The molecule has 2 rings (SSSR count). The normalized spacial score (nSPS) is 12.6. The smallest absolute Gasteiger partial charge is 0.297 e. The molecule has 3 N–H and O–H groups in total. The van der Waals surface area contributed by atoms with Crippen LogP contribution in [0.25, 0.3) is 10.9 Å². The van der Waals surface area contributed by atoms with Crippen LogP contribution in [0.2, 0.25) is 0 Å². The number of benzene rings is 1. The van der Waals surface area contributed by atoms with E-state index < -0.39 is 0 Å². The van der Waals surface area contributed by atoms with Gasteiger partial charge in [0.15, 0.2) is 0 Å². The first kappa shape index (κ1) is 12.4. The third kappa shape index (κ3) is 2.61. The zero-order valence-corrected chi connectivity index (χ0v) is 10.6. The summed E-state index contributed by atoms with van der Waals surface area (Å²) in [5.74, 6) is 0. The molecule has 0 fully saturated rings. The Balaban J connectivity index is 2.37. The quantitative estimate of drug-likeness (QED) is 0.810. The minimum atomic E-state index is -0.231. The number of hydrogen-bond acceptors (Lipinski definition) is 4. The number of rotatable bonds is 4. The molecule has 5 nitrogen and oxygen atoms in total. The molecule has 5 heteroatoms. The summed E-state index contributed by atoms with van der Waals surface area (Å²) in [4.78, 5) is 18.7. The van der Waals surface area contributed by atoms with E-state index in [0.717, 1.165) is 12.8 Å². The number of anilines is 1. The number of nitrogens with zero attached hydrogens (tertiary/aromatic N) is 1. The third-order valence-electron chi connectivity index (χ3n) is 2.72. The van der Waals surface area contributed by atoms with Crippen LogP contribution in [0.15, 0.2) is 23.0 Å². The number of nitrogens with two attached hydrogens (primary N) is 1. The SMILES string of the molecule is CCCC(C)Oc1nc2ccc(N)cc2c(=O)[nH]1. The molecule has 1 heterocycles. The van der Waals surface area contributed by atoms with Crippen molar-refractivity contribution in [2.75, 3.05) is 5.73 Å². The second kappa shape index (κ2) is 5.08. The summed E-state index contributed by atoms with van der Waals surface area (Å²) < 4.78 is 5.58. The minimum Gasteiger partial charge on any atom is -0.462 e. The molecule has 1 aromatic carbocycles. The molecule has 1 unspecified atom stereocenters. The van der Waals surface area contributed by atoms with Crippen LogP contribution in [0.1, 0.15) is 26.7 Å². The van der Waals surface area contributed by atoms with Crippen LogP contribution in [0, 0.1) is 0 Å². The van der Waals surface area contributed by atoms with E-state index in [9.17, 15) is 4.79 Å². The van der Waals surface area contributed by atoms with E-state index in [2.05, 4.69) is 16.9 Å². The molecule has 2 aromatic rings.